The average molecular weight is 309 g/mol. The lowest BCUT2D eigenvalue weighted by molar-refractivity contribution is 0.0368. The molecule has 0 unspecified atom stereocenters. The van der Waals surface area contributed by atoms with Crippen molar-refractivity contribution in [1.29, 1.82) is 0 Å². The first-order valence-corrected chi connectivity index (χ1v) is 8.31. The number of fused-ring (bicyclic) bond motifs is 1. The highest BCUT2D eigenvalue weighted by molar-refractivity contribution is 7.71. The number of nitrogens with zero attached hydrogens (tertiary/aromatic N) is 2. The van der Waals surface area contributed by atoms with E-state index in [1.165, 1.54) is 17.7 Å². The third-order valence-electron chi connectivity index (χ3n) is 4.46. The second kappa shape index (κ2) is 6.85. The van der Waals surface area contributed by atoms with Crippen LogP contribution in [0.2, 0.25) is 0 Å². The van der Waals surface area contributed by atoms with Crippen LogP contribution in [0.4, 0.5) is 0 Å². The van der Waals surface area contributed by atoms with E-state index in [2.05, 4.69) is 9.88 Å². The molecule has 3 rings (SSSR count). The van der Waals surface area contributed by atoms with E-state index in [1.807, 2.05) is 4.57 Å². The zero-order chi connectivity index (χ0) is 14.7. The molecule has 116 valence electrons. The van der Waals surface area contributed by atoms with Crippen LogP contribution < -0.4 is 5.69 Å². The van der Waals surface area contributed by atoms with Crippen molar-refractivity contribution in [2.24, 2.45) is 0 Å². The van der Waals surface area contributed by atoms with Gasteiger partial charge in [0.1, 0.15) is 4.64 Å². The Morgan fingerprint density at radius 2 is 1.90 bits per heavy atom. The maximum atomic E-state index is 12.2. The number of aromatic nitrogens is 2. The highest BCUT2D eigenvalue weighted by Gasteiger charge is 2.17. The molecule has 1 saturated heterocycles. The minimum atomic E-state index is -0.0392. The van der Waals surface area contributed by atoms with Gasteiger partial charge < -0.3 is 4.74 Å². The molecule has 5 nitrogen and oxygen atoms in total. The summed E-state index contributed by atoms with van der Waals surface area (Å²) in [6.07, 6.45) is 5.33. The van der Waals surface area contributed by atoms with Gasteiger partial charge >= 0.3 is 5.69 Å². The van der Waals surface area contributed by atoms with Gasteiger partial charge in [-0.05, 0) is 32.1 Å². The Labute approximate surface area is 129 Å². The highest BCUT2D eigenvalue weighted by Crippen LogP contribution is 2.20. The van der Waals surface area contributed by atoms with Gasteiger partial charge in [-0.3, -0.25) is 14.5 Å². The summed E-state index contributed by atoms with van der Waals surface area (Å²) in [5.74, 6) is 0. The Balaban J connectivity index is 1.70. The van der Waals surface area contributed by atoms with Crippen molar-refractivity contribution in [2.45, 2.75) is 38.6 Å². The number of morpholine rings is 1. The summed E-state index contributed by atoms with van der Waals surface area (Å²) < 4.78 is 7.93. The lowest BCUT2D eigenvalue weighted by Crippen LogP contribution is -2.38. The van der Waals surface area contributed by atoms with Crippen LogP contribution in [-0.4, -0.2) is 47.3 Å². The van der Waals surface area contributed by atoms with E-state index in [0.29, 0.717) is 4.64 Å². The van der Waals surface area contributed by atoms with Crippen molar-refractivity contribution in [3.63, 3.8) is 0 Å². The molecule has 1 N–H and O–H groups in total. The topological polar surface area (TPSA) is 50.3 Å². The fourth-order valence-corrected chi connectivity index (χ4v) is 3.62. The zero-order valence-corrected chi connectivity index (χ0v) is 13.2. The van der Waals surface area contributed by atoms with Crippen molar-refractivity contribution in [3.8, 4) is 0 Å². The van der Waals surface area contributed by atoms with Crippen LogP contribution in [0.1, 0.15) is 30.5 Å². The number of H-pyrrole nitrogens is 1. The molecule has 6 heteroatoms. The van der Waals surface area contributed by atoms with Gasteiger partial charge in [0.25, 0.3) is 0 Å². The number of hydrogen-bond acceptors (Lipinski definition) is 4. The van der Waals surface area contributed by atoms with Crippen LogP contribution in [0.3, 0.4) is 0 Å². The summed E-state index contributed by atoms with van der Waals surface area (Å²) in [6.45, 7) is 5.47. The molecule has 0 spiro atoms. The third kappa shape index (κ3) is 3.44. The van der Waals surface area contributed by atoms with E-state index in [1.54, 1.807) is 0 Å². The van der Waals surface area contributed by atoms with Gasteiger partial charge in [-0.25, -0.2) is 4.79 Å². The smallest absolute Gasteiger partial charge is 0.326 e. The predicted octanol–water partition coefficient (Wildman–Crippen LogP) is 1.51. The molecule has 0 bridgehead atoms. The summed E-state index contributed by atoms with van der Waals surface area (Å²) in [5, 5.41) is 0. The standard InChI is InChI=1S/C15H23N3O2S/c19-15-16-14(21)12-4-1-2-5-13(12)18(15)7-3-6-17-8-10-20-11-9-17/h1-11H2,(H,16,19,21). The lowest BCUT2D eigenvalue weighted by Gasteiger charge is -2.27. The Morgan fingerprint density at radius 3 is 2.71 bits per heavy atom. The van der Waals surface area contributed by atoms with Crippen LogP contribution in [0.15, 0.2) is 4.79 Å². The molecule has 1 fully saturated rings. The van der Waals surface area contributed by atoms with Gasteiger partial charge in [0.2, 0.25) is 0 Å². The molecule has 1 aliphatic carbocycles. The lowest BCUT2D eigenvalue weighted by atomic mass is 9.97. The van der Waals surface area contributed by atoms with E-state index < -0.39 is 0 Å². The van der Waals surface area contributed by atoms with E-state index in [0.717, 1.165) is 65.1 Å². The van der Waals surface area contributed by atoms with E-state index >= 15 is 0 Å². The first-order valence-electron chi connectivity index (χ1n) is 7.90. The van der Waals surface area contributed by atoms with Crippen molar-refractivity contribution in [1.82, 2.24) is 14.5 Å². The maximum absolute atomic E-state index is 12.2. The fraction of sp³-hybridized carbons (Fsp3) is 0.733. The summed E-state index contributed by atoms with van der Waals surface area (Å²) >= 11 is 5.31. The molecule has 1 aromatic rings. The van der Waals surface area contributed by atoms with E-state index in [-0.39, 0.29) is 5.69 Å². The molecule has 0 atom stereocenters. The molecule has 21 heavy (non-hydrogen) atoms. The summed E-state index contributed by atoms with van der Waals surface area (Å²) in [4.78, 5) is 17.5. The Hall–Kier alpha value is -0.980. The summed E-state index contributed by atoms with van der Waals surface area (Å²) in [7, 11) is 0. The largest absolute Gasteiger partial charge is 0.379 e. The van der Waals surface area contributed by atoms with Gasteiger partial charge in [-0.1, -0.05) is 12.2 Å². The molecule has 2 heterocycles. The molecule has 0 aromatic carbocycles. The molecule has 1 aromatic heterocycles. The Morgan fingerprint density at radius 1 is 1.14 bits per heavy atom. The number of aromatic amines is 1. The minimum absolute atomic E-state index is 0.0392. The highest BCUT2D eigenvalue weighted by atomic mass is 32.1. The molecule has 0 saturated carbocycles. The fourth-order valence-electron chi connectivity index (χ4n) is 3.31. The monoisotopic (exact) mass is 309 g/mol. The van der Waals surface area contributed by atoms with Crippen molar-refractivity contribution >= 4 is 12.2 Å². The van der Waals surface area contributed by atoms with Gasteiger partial charge in [0, 0.05) is 37.4 Å². The first kappa shape index (κ1) is 14.9. The Kier molecular flexibility index (Phi) is 4.87. The minimum Gasteiger partial charge on any atom is -0.379 e. The Bertz CT molecular complexity index is 602. The zero-order valence-electron chi connectivity index (χ0n) is 12.4. The summed E-state index contributed by atoms with van der Waals surface area (Å²) in [6, 6.07) is 0. The number of nitrogens with one attached hydrogen (secondary N) is 1. The molecule has 1 aliphatic heterocycles. The molecular formula is C15H23N3O2S. The van der Waals surface area contributed by atoms with Gasteiger partial charge in [-0.2, -0.15) is 0 Å². The second-order valence-corrected chi connectivity index (χ2v) is 6.26. The van der Waals surface area contributed by atoms with Gasteiger partial charge in [0.15, 0.2) is 0 Å². The van der Waals surface area contributed by atoms with Crippen molar-refractivity contribution in [2.75, 3.05) is 32.8 Å². The molecule has 0 amide bonds. The van der Waals surface area contributed by atoms with Gasteiger partial charge in [0.05, 0.1) is 13.2 Å². The first-order chi connectivity index (χ1) is 10.3. The van der Waals surface area contributed by atoms with Crippen LogP contribution in [-0.2, 0) is 24.1 Å². The van der Waals surface area contributed by atoms with Crippen LogP contribution >= 0.6 is 12.2 Å². The molecule has 2 aliphatic rings. The number of rotatable bonds is 4. The molecule has 0 radical (unpaired) electrons. The third-order valence-corrected chi connectivity index (χ3v) is 4.81. The van der Waals surface area contributed by atoms with Crippen molar-refractivity contribution in [3.05, 3.63) is 26.4 Å². The SMILES string of the molecule is O=c1[nH]c(=S)c2c(n1CCCN1CCOCC1)CCCC2. The molecular weight excluding hydrogens is 286 g/mol. The van der Waals surface area contributed by atoms with Crippen LogP contribution in [0.25, 0.3) is 0 Å². The van der Waals surface area contributed by atoms with Crippen molar-refractivity contribution < 1.29 is 4.74 Å². The van der Waals surface area contributed by atoms with Crippen LogP contribution in [0.5, 0.6) is 0 Å². The number of ether oxygens (including phenoxy) is 1. The summed E-state index contributed by atoms with van der Waals surface area (Å²) in [5.41, 5.74) is 2.34. The second-order valence-electron chi connectivity index (χ2n) is 5.85. The van der Waals surface area contributed by atoms with Gasteiger partial charge in [-0.15, -0.1) is 0 Å². The average Bonchev–Trinajstić information content (AvgIpc) is 2.51. The maximum Gasteiger partial charge on any atom is 0.326 e. The quantitative estimate of drug-likeness (QED) is 0.857. The van der Waals surface area contributed by atoms with E-state index in [9.17, 15) is 4.79 Å². The predicted molar refractivity (Wildman–Crippen MR) is 84.4 cm³/mol. The van der Waals surface area contributed by atoms with Crippen LogP contribution in [0, 0.1) is 4.64 Å². The normalized spacial score (nSPS) is 19.4. The number of hydrogen-bond donors (Lipinski definition) is 1. The van der Waals surface area contributed by atoms with E-state index in [4.69, 9.17) is 17.0 Å².